The molecule has 1 aliphatic heterocycles. The summed E-state index contributed by atoms with van der Waals surface area (Å²) in [6, 6.07) is 18.5. The summed E-state index contributed by atoms with van der Waals surface area (Å²) in [6.45, 7) is 1.14. The molecule has 0 unspecified atom stereocenters. The summed E-state index contributed by atoms with van der Waals surface area (Å²) in [6.07, 6.45) is 3.18. The molecule has 3 aromatic rings. The Kier molecular flexibility index (Phi) is 3.59. The number of para-hydroxylation sites is 1. The quantitative estimate of drug-likeness (QED) is 0.603. The van der Waals surface area contributed by atoms with Crippen LogP contribution in [0.2, 0.25) is 0 Å². The van der Waals surface area contributed by atoms with Gasteiger partial charge in [-0.15, -0.1) is 0 Å². The van der Waals surface area contributed by atoms with Gasteiger partial charge < -0.3 is 14.6 Å². The van der Waals surface area contributed by atoms with Gasteiger partial charge in [0.1, 0.15) is 19.0 Å². The van der Waals surface area contributed by atoms with Crippen molar-refractivity contribution >= 4 is 16.5 Å². The molecule has 2 aliphatic rings. The van der Waals surface area contributed by atoms with Crippen molar-refractivity contribution in [3.63, 3.8) is 0 Å². The van der Waals surface area contributed by atoms with E-state index in [1.807, 2.05) is 18.2 Å². The average Bonchev–Trinajstić information content (AvgIpc) is 2.65. The van der Waals surface area contributed by atoms with Gasteiger partial charge in [0.25, 0.3) is 0 Å². The molecule has 0 aromatic heterocycles. The summed E-state index contributed by atoms with van der Waals surface area (Å²) >= 11 is 0. The molecular weight excluding hydrogens is 324 g/mol. The number of allylic oxidation sites excluding steroid dienone is 1. The lowest BCUT2D eigenvalue weighted by atomic mass is 9.88. The van der Waals surface area contributed by atoms with E-state index in [1.165, 1.54) is 6.42 Å². The molecule has 0 atom stereocenters. The second-order valence-corrected chi connectivity index (χ2v) is 6.88. The third kappa shape index (κ3) is 2.43. The Bertz CT molecular complexity index is 1030. The average molecular weight is 344 g/mol. The van der Waals surface area contributed by atoms with E-state index in [0.29, 0.717) is 19.0 Å². The van der Waals surface area contributed by atoms with Gasteiger partial charge in [0.2, 0.25) is 0 Å². The van der Waals surface area contributed by atoms with Gasteiger partial charge in [0.05, 0.1) is 0 Å². The number of rotatable bonds is 2. The van der Waals surface area contributed by atoms with Crippen molar-refractivity contribution in [2.45, 2.75) is 19.3 Å². The third-order valence-corrected chi connectivity index (χ3v) is 5.30. The fourth-order valence-corrected chi connectivity index (χ4v) is 3.74. The molecule has 1 saturated carbocycles. The number of hydrogen-bond acceptors (Lipinski definition) is 3. The van der Waals surface area contributed by atoms with Crippen LogP contribution >= 0.6 is 0 Å². The fourth-order valence-electron chi connectivity index (χ4n) is 3.74. The van der Waals surface area contributed by atoms with E-state index >= 15 is 0 Å². The highest BCUT2D eigenvalue weighted by molar-refractivity contribution is 5.99. The van der Waals surface area contributed by atoms with E-state index in [9.17, 15) is 5.11 Å². The molecule has 0 spiro atoms. The molecule has 1 N–H and O–H groups in total. The number of hydrogen-bond donors (Lipinski definition) is 1. The normalized spacial score (nSPS) is 15.6. The number of aliphatic hydroxyl groups is 1. The first-order valence-electron chi connectivity index (χ1n) is 9.14. The monoisotopic (exact) mass is 344 g/mol. The number of benzene rings is 3. The molecule has 0 radical (unpaired) electrons. The van der Waals surface area contributed by atoms with Crippen molar-refractivity contribution < 1.29 is 14.6 Å². The molecule has 1 fully saturated rings. The topological polar surface area (TPSA) is 38.7 Å². The third-order valence-electron chi connectivity index (χ3n) is 5.30. The van der Waals surface area contributed by atoms with Gasteiger partial charge in [-0.05, 0) is 53.3 Å². The standard InChI is InChI=1S/C23H20O3/c24-22(16-5-1-6-16)17-11-10-15-4-2-7-18(20(15)14-17)19-8-3-9-21-23(19)26-13-12-25-21/h2-4,7-11,14,24H,1,5-6,12-13H2. The zero-order chi connectivity index (χ0) is 17.5. The molecule has 3 heteroatoms. The second-order valence-electron chi connectivity index (χ2n) is 6.88. The first-order chi connectivity index (χ1) is 12.8. The molecule has 26 heavy (non-hydrogen) atoms. The SMILES string of the molecule is OC(=C1CCC1)c1ccc2cccc(-c3cccc4c3OCCO4)c2c1. The highest BCUT2D eigenvalue weighted by Crippen LogP contribution is 2.42. The van der Waals surface area contributed by atoms with Crippen molar-refractivity contribution in [1.82, 2.24) is 0 Å². The van der Waals surface area contributed by atoms with Gasteiger partial charge in [-0.1, -0.05) is 42.5 Å². The van der Waals surface area contributed by atoms with Gasteiger partial charge in [-0.3, -0.25) is 0 Å². The maximum Gasteiger partial charge on any atom is 0.169 e. The van der Waals surface area contributed by atoms with Crippen LogP contribution in [-0.4, -0.2) is 18.3 Å². The minimum atomic E-state index is 0.447. The Hall–Kier alpha value is -2.94. The van der Waals surface area contributed by atoms with Crippen LogP contribution in [0.15, 0.2) is 60.2 Å². The van der Waals surface area contributed by atoms with E-state index < -0.39 is 0 Å². The summed E-state index contributed by atoms with van der Waals surface area (Å²) in [4.78, 5) is 0. The minimum Gasteiger partial charge on any atom is -0.507 e. The zero-order valence-electron chi connectivity index (χ0n) is 14.5. The molecule has 0 saturated heterocycles. The van der Waals surface area contributed by atoms with Crippen LogP contribution in [0.4, 0.5) is 0 Å². The molecule has 0 bridgehead atoms. The van der Waals surface area contributed by atoms with E-state index in [0.717, 1.165) is 57.4 Å². The van der Waals surface area contributed by atoms with Crippen LogP contribution < -0.4 is 9.47 Å². The summed E-state index contributed by atoms with van der Waals surface area (Å²) < 4.78 is 11.7. The fraction of sp³-hybridized carbons (Fsp3) is 0.217. The molecule has 0 amide bonds. The summed E-state index contributed by atoms with van der Waals surface area (Å²) in [5.41, 5.74) is 4.18. The van der Waals surface area contributed by atoms with Crippen molar-refractivity contribution in [1.29, 1.82) is 0 Å². The maximum atomic E-state index is 10.6. The van der Waals surface area contributed by atoms with Crippen molar-refractivity contribution in [2.75, 3.05) is 13.2 Å². The van der Waals surface area contributed by atoms with Crippen molar-refractivity contribution in [3.05, 3.63) is 65.7 Å². The van der Waals surface area contributed by atoms with Crippen LogP contribution in [0.3, 0.4) is 0 Å². The molecule has 3 aromatic carbocycles. The maximum absolute atomic E-state index is 10.6. The predicted octanol–water partition coefficient (Wildman–Crippen LogP) is 5.73. The molecule has 1 aliphatic carbocycles. The Labute approximate surface area is 152 Å². The first-order valence-corrected chi connectivity index (χ1v) is 9.14. The largest absolute Gasteiger partial charge is 0.507 e. The molecule has 3 nitrogen and oxygen atoms in total. The van der Waals surface area contributed by atoms with Gasteiger partial charge in [0, 0.05) is 11.1 Å². The molecule has 1 heterocycles. The Morgan fingerprint density at radius 1 is 0.846 bits per heavy atom. The lowest BCUT2D eigenvalue weighted by Gasteiger charge is -2.22. The van der Waals surface area contributed by atoms with Gasteiger partial charge in [-0.25, -0.2) is 0 Å². The van der Waals surface area contributed by atoms with E-state index in [1.54, 1.807) is 0 Å². The highest BCUT2D eigenvalue weighted by Gasteiger charge is 2.19. The van der Waals surface area contributed by atoms with E-state index in [-0.39, 0.29) is 0 Å². The zero-order valence-corrected chi connectivity index (χ0v) is 14.5. The summed E-state index contributed by atoms with van der Waals surface area (Å²) in [5.74, 6) is 2.04. The predicted molar refractivity (Wildman–Crippen MR) is 104 cm³/mol. The Morgan fingerprint density at radius 3 is 2.50 bits per heavy atom. The van der Waals surface area contributed by atoms with Crippen LogP contribution in [0.1, 0.15) is 24.8 Å². The van der Waals surface area contributed by atoms with E-state index in [2.05, 4.69) is 36.4 Å². The van der Waals surface area contributed by atoms with E-state index in [4.69, 9.17) is 9.47 Å². The molecular formula is C23H20O3. The highest BCUT2D eigenvalue weighted by atomic mass is 16.6. The van der Waals surface area contributed by atoms with Crippen molar-refractivity contribution in [3.8, 4) is 22.6 Å². The summed E-state index contributed by atoms with van der Waals surface area (Å²) in [7, 11) is 0. The molecule has 5 rings (SSSR count). The second kappa shape index (κ2) is 6.10. The van der Waals surface area contributed by atoms with Gasteiger partial charge in [0.15, 0.2) is 11.5 Å². The van der Waals surface area contributed by atoms with Crippen LogP contribution in [0.5, 0.6) is 11.5 Å². The van der Waals surface area contributed by atoms with Crippen LogP contribution in [0, 0.1) is 0 Å². The smallest absolute Gasteiger partial charge is 0.169 e. The summed E-state index contributed by atoms with van der Waals surface area (Å²) in [5, 5.41) is 12.8. The van der Waals surface area contributed by atoms with Crippen molar-refractivity contribution in [2.24, 2.45) is 0 Å². The molecule has 130 valence electrons. The van der Waals surface area contributed by atoms with Crippen LogP contribution in [-0.2, 0) is 0 Å². The first kappa shape index (κ1) is 15.3. The number of ether oxygens (including phenoxy) is 2. The van der Waals surface area contributed by atoms with Crippen LogP contribution in [0.25, 0.3) is 27.7 Å². The van der Waals surface area contributed by atoms with Gasteiger partial charge in [-0.2, -0.15) is 0 Å². The lowest BCUT2D eigenvalue weighted by molar-refractivity contribution is 0.172. The number of aliphatic hydroxyl groups excluding tert-OH is 1. The number of fused-ring (bicyclic) bond motifs is 2. The van der Waals surface area contributed by atoms with Gasteiger partial charge >= 0.3 is 0 Å². The minimum absolute atomic E-state index is 0.447. The Morgan fingerprint density at radius 2 is 1.65 bits per heavy atom. The Balaban J connectivity index is 1.71. The lowest BCUT2D eigenvalue weighted by Crippen LogP contribution is -2.15.